The second-order valence-electron chi connectivity index (χ2n) is 4.70. The van der Waals surface area contributed by atoms with E-state index in [9.17, 15) is 9.59 Å². The number of carbonyl (C=O) groups excluding carboxylic acids is 1. The summed E-state index contributed by atoms with van der Waals surface area (Å²) < 4.78 is 10.6. The molecule has 0 bridgehead atoms. The number of hydrogen-bond acceptors (Lipinski definition) is 4. The summed E-state index contributed by atoms with van der Waals surface area (Å²) in [5.41, 5.74) is 0.692. The number of pyridine rings is 1. The molecule has 1 amide bonds. The number of benzene rings is 1. The van der Waals surface area contributed by atoms with Gasteiger partial charge in [-0.3, -0.25) is 9.59 Å². The third kappa shape index (κ3) is 4.37. The van der Waals surface area contributed by atoms with Gasteiger partial charge >= 0.3 is 0 Å². The van der Waals surface area contributed by atoms with Gasteiger partial charge in [0.2, 0.25) is 5.56 Å². The van der Waals surface area contributed by atoms with Crippen LogP contribution in [0.3, 0.4) is 0 Å². The minimum atomic E-state index is -0.299. The number of rotatable bonds is 6. The molecule has 6 nitrogen and oxygen atoms in total. The molecule has 0 saturated carbocycles. The lowest BCUT2D eigenvalue weighted by atomic mass is 10.2. The van der Waals surface area contributed by atoms with Crippen LogP contribution in [0.1, 0.15) is 16.1 Å². The van der Waals surface area contributed by atoms with Gasteiger partial charge in [0.15, 0.2) is 0 Å². The normalized spacial score (nSPS) is 10.1. The van der Waals surface area contributed by atoms with Gasteiger partial charge in [-0.1, -0.05) is 0 Å². The van der Waals surface area contributed by atoms with Gasteiger partial charge in [0.25, 0.3) is 5.91 Å². The number of amides is 1. The highest BCUT2D eigenvalue weighted by atomic mass is 16.5. The molecule has 1 aromatic heterocycles. The molecular weight excluding hydrogens is 284 g/mol. The summed E-state index contributed by atoms with van der Waals surface area (Å²) in [7, 11) is 1.60. The molecule has 0 aliphatic rings. The Labute approximate surface area is 128 Å². The fraction of sp³-hybridized carbons (Fsp3) is 0.250. The van der Waals surface area contributed by atoms with Crippen LogP contribution in [0.4, 0.5) is 0 Å². The summed E-state index contributed by atoms with van der Waals surface area (Å²) in [6, 6.07) is 10.1. The lowest BCUT2D eigenvalue weighted by molar-refractivity contribution is 0.0946. The number of ether oxygens (including phenoxy) is 2. The molecule has 0 fully saturated rings. The quantitative estimate of drug-likeness (QED) is 0.792. The maximum atomic E-state index is 11.9. The number of H-pyrrole nitrogens is 1. The number of nitrogens with one attached hydrogen (secondary N) is 2. The molecular formula is C16H18N2O4. The van der Waals surface area contributed by atoms with Crippen molar-refractivity contribution in [3.05, 3.63) is 58.0 Å². The first-order valence-corrected chi connectivity index (χ1v) is 6.84. The first kappa shape index (κ1) is 15.6. The van der Waals surface area contributed by atoms with E-state index in [1.54, 1.807) is 44.4 Å². The summed E-state index contributed by atoms with van der Waals surface area (Å²) in [5, 5.41) is 2.70. The van der Waals surface area contributed by atoms with Crippen LogP contribution in [0.2, 0.25) is 0 Å². The maximum absolute atomic E-state index is 11.9. The lowest BCUT2D eigenvalue weighted by Gasteiger charge is -2.08. The van der Waals surface area contributed by atoms with Crippen molar-refractivity contribution in [3.8, 4) is 11.5 Å². The molecule has 116 valence electrons. The molecule has 0 unspecified atom stereocenters. The topological polar surface area (TPSA) is 80.4 Å². The Morgan fingerprint density at radius 2 is 1.86 bits per heavy atom. The van der Waals surface area contributed by atoms with E-state index in [4.69, 9.17) is 9.47 Å². The molecule has 6 heteroatoms. The zero-order valence-electron chi connectivity index (χ0n) is 12.5. The molecule has 0 aliphatic carbocycles. The first-order valence-electron chi connectivity index (χ1n) is 6.84. The Kier molecular flexibility index (Phi) is 5.19. The van der Waals surface area contributed by atoms with E-state index in [-0.39, 0.29) is 11.5 Å². The second-order valence-corrected chi connectivity index (χ2v) is 4.70. The monoisotopic (exact) mass is 302 g/mol. The SMILES string of the molecule is COc1ccc(OCCNC(=O)c2cc(C)[nH]c(=O)c2)cc1. The van der Waals surface area contributed by atoms with Gasteiger partial charge in [0.1, 0.15) is 18.1 Å². The Morgan fingerprint density at radius 1 is 1.18 bits per heavy atom. The van der Waals surface area contributed by atoms with Crippen molar-refractivity contribution in [1.82, 2.24) is 10.3 Å². The van der Waals surface area contributed by atoms with E-state index < -0.39 is 0 Å². The fourth-order valence-corrected chi connectivity index (χ4v) is 1.92. The van der Waals surface area contributed by atoms with Gasteiger partial charge < -0.3 is 19.8 Å². The van der Waals surface area contributed by atoms with Gasteiger partial charge in [-0.2, -0.15) is 0 Å². The number of aryl methyl sites for hydroxylation is 1. The first-order chi connectivity index (χ1) is 10.6. The van der Waals surface area contributed by atoms with Crippen molar-refractivity contribution in [2.24, 2.45) is 0 Å². The fourth-order valence-electron chi connectivity index (χ4n) is 1.92. The Bertz CT molecular complexity index is 692. The van der Waals surface area contributed by atoms with Crippen LogP contribution in [-0.4, -0.2) is 31.2 Å². The number of methoxy groups -OCH3 is 1. The van der Waals surface area contributed by atoms with Gasteiger partial charge in [-0.25, -0.2) is 0 Å². The highest BCUT2D eigenvalue weighted by molar-refractivity contribution is 5.94. The van der Waals surface area contributed by atoms with E-state index in [1.807, 2.05) is 0 Å². The summed E-state index contributed by atoms with van der Waals surface area (Å²) in [6.07, 6.45) is 0. The third-order valence-corrected chi connectivity index (χ3v) is 2.96. The van der Waals surface area contributed by atoms with Crippen molar-refractivity contribution in [2.45, 2.75) is 6.92 Å². The maximum Gasteiger partial charge on any atom is 0.251 e. The van der Waals surface area contributed by atoms with E-state index in [2.05, 4.69) is 10.3 Å². The minimum absolute atomic E-state index is 0.292. The number of hydrogen-bond donors (Lipinski definition) is 2. The van der Waals surface area contributed by atoms with Crippen LogP contribution in [-0.2, 0) is 0 Å². The van der Waals surface area contributed by atoms with Gasteiger partial charge in [0, 0.05) is 17.3 Å². The van der Waals surface area contributed by atoms with Gasteiger partial charge in [0.05, 0.1) is 13.7 Å². The smallest absolute Gasteiger partial charge is 0.251 e. The molecule has 2 rings (SSSR count). The molecule has 0 spiro atoms. The molecule has 1 heterocycles. The predicted molar refractivity (Wildman–Crippen MR) is 82.6 cm³/mol. The zero-order valence-corrected chi connectivity index (χ0v) is 12.5. The standard InChI is InChI=1S/C16H18N2O4/c1-11-9-12(10-15(19)18-11)16(20)17-7-8-22-14-5-3-13(21-2)4-6-14/h3-6,9-10H,7-8H2,1-2H3,(H,17,20)(H,18,19). The van der Waals surface area contributed by atoms with Crippen molar-refractivity contribution in [1.29, 1.82) is 0 Å². The lowest BCUT2D eigenvalue weighted by Crippen LogP contribution is -2.29. The molecule has 0 atom stereocenters. The average molecular weight is 302 g/mol. The zero-order chi connectivity index (χ0) is 15.9. The summed E-state index contributed by atoms with van der Waals surface area (Å²) in [4.78, 5) is 25.8. The Morgan fingerprint density at radius 3 is 2.50 bits per heavy atom. The van der Waals surface area contributed by atoms with Crippen molar-refractivity contribution in [2.75, 3.05) is 20.3 Å². The van der Waals surface area contributed by atoms with Crippen molar-refractivity contribution < 1.29 is 14.3 Å². The van der Waals surface area contributed by atoms with E-state index >= 15 is 0 Å². The number of aromatic amines is 1. The molecule has 1 aromatic carbocycles. The predicted octanol–water partition coefficient (Wildman–Crippen LogP) is 1.50. The van der Waals surface area contributed by atoms with Gasteiger partial charge in [-0.05, 0) is 37.3 Å². The third-order valence-electron chi connectivity index (χ3n) is 2.96. The molecule has 2 N–H and O–H groups in total. The van der Waals surface area contributed by atoms with Crippen LogP contribution in [0.15, 0.2) is 41.2 Å². The van der Waals surface area contributed by atoms with E-state index in [1.165, 1.54) is 6.07 Å². The highest BCUT2D eigenvalue weighted by Gasteiger charge is 2.06. The highest BCUT2D eigenvalue weighted by Crippen LogP contribution is 2.16. The number of aromatic nitrogens is 1. The molecule has 0 aliphatic heterocycles. The largest absolute Gasteiger partial charge is 0.497 e. The minimum Gasteiger partial charge on any atom is -0.497 e. The summed E-state index contributed by atoms with van der Waals surface area (Å²) >= 11 is 0. The Hall–Kier alpha value is -2.76. The van der Waals surface area contributed by atoms with Gasteiger partial charge in [-0.15, -0.1) is 0 Å². The van der Waals surface area contributed by atoms with Crippen LogP contribution >= 0.6 is 0 Å². The van der Waals surface area contributed by atoms with Crippen LogP contribution in [0, 0.1) is 6.92 Å². The van der Waals surface area contributed by atoms with Crippen LogP contribution < -0.4 is 20.3 Å². The Balaban J connectivity index is 1.80. The molecule has 2 aromatic rings. The summed E-state index contributed by atoms with van der Waals surface area (Å²) in [5.74, 6) is 1.15. The number of carbonyl (C=O) groups is 1. The van der Waals surface area contributed by atoms with Crippen LogP contribution in [0.25, 0.3) is 0 Å². The molecule has 22 heavy (non-hydrogen) atoms. The molecule has 0 radical (unpaired) electrons. The second kappa shape index (κ2) is 7.31. The summed E-state index contributed by atoms with van der Waals surface area (Å²) in [6.45, 7) is 2.40. The van der Waals surface area contributed by atoms with Crippen LogP contribution in [0.5, 0.6) is 11.5 Å². The van der Waals surface area contributed by atoms with E-state index in [0.29, 0.717) is 30.2 Å². The van der Waals surface area contributed by atoms with Crippen molar-refractivity contribution >= 4 is 5.91 Å². The average Bonchev–Trinajstić information content (AvgIpc) is 2.51. The van der Waals surface area contributed by atoms with E-state index in [0.717, 1.165) is 5.75 Å². The van der Waals surface area contributed by atoms with Crippen molar-refractivity contribution in [3.63, 3.8) is 0 Å². The molecule has 0 saturated heterocycles.